The fraction of sp³-hybridized carbons (Fsp3) is 0.750. The number of nitrogens with zero attached hydrogens (tertiary/aromatic N) is 1. The molecule has 0 amide bonds. The molecule has 1 nitrogen and oxygen atoms in total. The molecule has 0 atom stereocenters. The maximum Gasteiger partial charge on any atom is 1.00 e. The maximum absolute atomic E-state index is 2.38. The third kappa shape index (κ3) is 6.42. The van der Waals surface area contributed by atoms with Crippen molar-refractivity contribution in [2.75, 3.05) is 19.6 Å². The van der Waals surface area contributed by atoms with Crippen molar-refractivity contribution in [3.05, 3.63) is 12.2 Å². The van der Waals surface area contributed by atoms with Gasteiger partial charge in [0.1, 0.15) is 0 Å². The van der Waals surface area contributed by atoms with Crippen molar-refractivity contribution in [2.45, 2.75) is 20.8 Å². The minimum Gasteiger partial charge on any atom is -1.00 e. The van der Waals surface area contributed by atoms with Crippen LogP contribution in [0.3, 0.4) is 0 Å². The van der Waals surface area contributed by atoms with Gasteiger partial charge >= 0.3 is 18.9 Å². The first-order chi connectivity index (χ1) is 4.35. The first-order valence-electron chi connectivity index (χ1n) is 3.68. The summed E-state index contributed by atoms with van der Waals surface area (Å²) in [6, 6.07) is 0. The average molecular weight is 135 g/mol. The maximum atomic E-state index is 2.38. The zero-order chi connectivity index (χ0) is 7.11. The van der Waals surface area contributed by atoms with Crippen LogP contribution in [0.4, 0.5) is 0 Å². The molecule has 0 aliphatic carbocycles. The molecule has 0 saturated carbocycles. The summed E-state index contributed by atoms with van der Waals surface area (Å²) in [5.74, 6) is 0. The predicted molar refractivity (Wildman–Crippen MR) is 43.7 cm³/mol. The van der Waals surface area contributed by atoms with Crippen LogP contribution in [-0.2, 0) is 0 Å². The van der Waals surface area contributed by atoms with Crippen LogP contribution in [0, 0.1) is 0 Å². The Morgan fingerprint density at radius 3 is 2.10 bits per heavy atom. The van der Waals surface area contributed by atoms with Gasteiger partial charge < -0.3 is 6.33 Å². The van der Waals surface area contributed by atoms with E-state index in [1.807, 2.05) is 0 Å². The summed E-state index contributed by atoms with van der Waals surface area (Å²) < 4.78 is 0. The van der Waals surface area contributed by atoms with E-state index < -0.39 is 0 Å². The Morgan fingerprint density at radius 1 is 1.30 bits per heavy atom. The molecule has 0 unspecified atom stereocenters. The molecule has 0 saturated heterocycles. The van der Waals surface area contributed by atoms with Crippen molar-refractivity contribution in [3.8, 4) is 0 Å². The van der Waals surface area contributed by atoms with E-state index in [4.69, 9.17) is 0 Å². The second-order valence-corrected chi connectivity index (χ2v) is 2.05. The third-order valence-electron chi connectivity index (χ3n) is 1.49. The van der Waals surface area contributed by atoms with Crippen molar-refractivity contribution >= 4 is 0 Å². The summed E-state index contributed by atoms with van der Waals surface area (Å²) in [5.41, 5.74) is 0. The molecule has 0 aromatic carbocycles. The summed E-state index contributed by atoms with van der Waals surface area (Å²) in [5, 5.41) is 0. The second kappa shape index (κ2) is 9.30. The van der Waals surface area contributed by atoms with E-state index in [0.29, 0.717) is 0 Å². The fourth-order valence-corrected chi connectivity index (χ4v) is 0.736. The molecule has 56 valence electrons. The molecule has 0 heterocycles. The van der Waals surface area contributed by atoms with Gasteiger partial charge in [0.25, 0.3) is 0 Å². The van der Waals surface area contributed by atoms with Crippen molar-refractivity contribution in [1.29, 1.82) is 0 Å². The zero-order valence-corrected chi connectivity index (χ0v) is 7.72. The summed E-state index contributed by atoms with van der Waals surface area (Å²) >= 11 is 0. The van der Waals surface area contributed by atoms with Crippen LogP contribution in [0.1, 0.15) is 22.2 Å². The van der Waals surface area contributed by atoms with Gasteiger partial charge in [-0.15, -0.1) is 0 Å². The van der Waals surface area contributed by atoms with Crippen LogP contribution in [0.5, 0.6) is 0 Å². The number of allylic oxidation sites excluding steroid dienone is 1. The number of likely N-dealkylation sites (N-methyl/N-ethyl adjacent to an activating group) is 1. The molecule has 0 fully saturated rings. The molecule has 2 heteroatoms. The van der Waals surface area contributed by atoms with Crippen molar-refractivity contribution in [3.63, 3.8) is 0 Å². The van der Waals surface area contributed by atoms with E-state index in [1.54, 1.807) is 0 Å². The minimum atomic E-state index is 0. The van der Waals surface area contributed by atoms with Gasteiger partial charge in [0.2, 0.25) is 0 Å². The molecule has 0 spiro atoms. The quantitative estimate of drug-likeness (QED) is 0.354. The Bertz CT molecular complexity index is 82.2. The molecule has 0 aromatic rings. The number of rotatable bonds is 4. The normalized spacial score (nSPS) is 10.4. The van der Waals surface area contributed by atoms with E-state index in [9.17, 15) is 0 Å². The van der Waals surface area contributed by atoms with Crippen LogP contribution in [0.15, 0.2) is 12.2 Å². The third-order valence-corrected chi connectivity index (χ3v) is 1.49. The molecule has 0 N–H and O–H groups in total. The standard InChI is InChI=1S/C8H17N.Li.H/c1-4-7-8-9(5-2)6-3;;/h4,7H,5-6,8H2,1-3H3;;/q;+1;-1. The Balaban J connectivity index is -0.000000320. The van der Waals surface area contributed by atoms with Gasteiger partial charge in [0.15, 0.2) is 0 Å². The Morgan fingerprint density at radius 2 is 1.80 bits per heavy atom. The smallest absolute Gasteiger partial charge is 1.00 e. The van der Waals surface area contributed by atoms with Crippen LogP contribution in [0.2, 0.25) is 0 Å². The van der Waals surface area contributed by atoms with Crippen LogP contribution >= 0.6 is 0 Å². The summed E-state index contributed by atoms with van der Waals surface area (Å²) in [4.78, 5) is 2.38. The molecule has 10 heavy (non-hydrogen) atoms. The van der Waals surface area contributed by atoms with Crippen LogP contribution < -0.4 is 18.9 Å². The van der Waals surface area contributed by atoms with Gasteiger partial charge in [0.05, 0.1) is 0 Å². The minimum absolute atomic E-state index is 0. The van der Waals surface area contributed by atoms with Crippen molar-refractivity contribution in [1.82, 2.24) is 4.90 Å². The zero-order valence-electron chi connectivity index (χ0n) is 8.72. The largest absolute Gasteiger partial charge is 1.00 e. The van der Waals surface area contributed by atoms with Crippen LogP contribution in [-0.4, -0.2) is 24.5 Å². The Kier molecular flexibility index (Phi) is 12.0. The first-order valence-corrected chi connectivity index (χ1v) is 3.68. The molecular formula is C8H18LiN. The summed E-state index contributed by atoms with van der Waals surface area (Å²) in [6.07, 6.45) is 4.28. The molecule has 0 aromatic heterocycles. The van der Waals surface area contributed by atoms with E-state index in [1.165, 1.54) is 0 Å². The molecule has 0 bridgehead atoms. The van der Waals surface area contributed by atoms with Gasteiger partial charge in [-0.25, -0.2) is 0 Å². The summed E-state index contributed by atoms with van der Waals surface area (Å²) in [6.45, 7) is 9.84. The number of hydrogen-bond donors (Lipinski definition) is 0. The van der Waals surface area contributed by atoms with Crippen molar-refractivity contribution < 1.29 is 20.3 Å². The molecule has 0 radical (unpaired) electrons. The molecule has 0 aliphatic rings. The molecule has 0 aliphatic heterocycles. The average Bonchev–Trinajstić information content (AvgIpc) is 1.91. The van der Waals surface area contributed by atoms with Gasteiger partial charge in [-0.3, -0.25) is 0 Å². The SMILES string of the molecule is CC=CCN(CC)CC.[H-].[Li+]. The van der Waals surface area contributed by atoms with E-state index in [0.717, 1.165) is 19.6 Å². The first kappa shape index (κ1) is 12.9. The van der Waals surface area contributed by atoms with Gasteiger partial charge in [-0.2, -0.15) is 0 Å². The molecular weight excluding hydrogens is 117 g/mol. The van der Waals surface area contributed by atoms with Crippen molar-refractivity contribution in [2.24, 2.45) is 0 Å². The molecule has 0 rings (SSSR count). The summed E-state index contributed by atoms with van der Waals surface area (Å²) in [7, 11) is 0. The predicted octanol–water partition coefficient (Wildman–Crippen LogP) is -0.979. The topological polar surface area (TPSA) is 3.24 Å². The van der Waals surface area contributed by atoms with Gasteiger partial charge in [-0.05, 0) is 20.0 Å². The fourth-order valence-electron chi connectivity index (χ4n) is 0.736. The van der Waals surface area contributed by atoms with E-state index in [2.05, 4.69) is 37.8 Å². The van der Waals surface area contributed by atoms with Gasteiger partial charge in [-0.1, -0.05) is 26.0 Å². The Labute approximate surface area is 78.1 Å². The second-order valence-electron chi connectivity index (χ2n) is 2.05. The van der Waals surface area contributed by atoms with E-state index in [-0.39, 0.29) is 20.3 Å². The number of hydrogen-bond acceptors (Lipinski definition) is 1. The van der Waals surface area contributed by atoms with Crippen LogP contribution in [0.25, 0.3) is 0 Å². The van der Waals surface area contributed by atoms with E-state index >= 15 is 0 Å². The Hall–Kier alpha value is 0.297. The monoisotopic (exact) mass is 135 g/mol. The van der Waals surface area contributed by atoms with Gasteiger partial charge in [0, 0.05) is 6.54 Å².